The van der Waals surface area contributed by atoms with Crippen LogP contribution in [0, 0.1) is 15.9 Å². The molecule has 3 rings (SSSR count). The number of carbonyl (C=O) groups is 2. The number of hydrogen-bond acceptors (Lipinski definition) is 5. The number of halogens is 1. The molecule has 0 saturated carbocycles. The second-order valence-corrected chi connectivity index (χ2v) is 11.0. The molecule has 0 radical (unpaired) electrons. The van der Waals surface area contributed by atoms with Gasteiger partial charge in [0.05, 0.1) is 10.7 Å². The predicted octanol–water partition coefficient (Wildman–Crippen LogP) is 5.52. The molecule has 2 amide bonds. The number of rotatable bonds is 11. The summed E-state index contributed by atoms with van der Waals surface area (Å²) in [6.07, 6.45) is 0.274. The third kappa shape index (κ3) is 8.69. The highest BCUT2D eigenvalue weighted by Gasteiger charge is 2.32. The molecule has 1 N–H and O–H groups in total. The normalized spacial score (nSPS) is 12.0. The van der Waals surface area contributed by atoms with Crippen molar-refractivity contribution < 1.29 is 18.9 Å². The van der Waals surface area contributed by atoms with Gasteiger partial charge in [-0.1, -0.05) is 60.7 Å². The number of non-ortho nitro benzene ring substituents is 1. The van der Waals surface area contributed by atoms with Crippen molar-refractivity contribution in [1.82, 2.24) is 10.2 Å². The predicted molar refractivity (Wildman–Crippen MR) is 148 cm³/mol. The smallest absolute Gasteiger partial charge is 0.269 e. The third-order valence-corrected chi connectivity index (χ3v) is 6.70. The molecule has 9 heteroatoms. The van der Waals surface area contributed by atoms with Gasteiger partial charge < -0.3 is 10.2 Å². The minimum atomic E-state index is -0.858. The van der Waals surface area contributed by atoms with Crippen molar-refractivity contribution in [1.29, 1.82) is 0 Å². The molecule has 0 bridgehead atoms. The van der Waals surface area contributed by atoms with E-state index < -0.39 is 22.3 Å². The number of nitro benzene ring substituents is 1. The van der Waals surface area contributed by atoms with Crippen LogP contribution in [0.3, 0.4) is 0 Å². The lowest BCUT2D eigenvalue weighted by Gasteiger charge is -2.34. The number of benzene rings is 3. The first-order valence-electron chi connectivity index (χ1n) is 12.2. The lowest BCUT2D eigenvalue weighted by atomic mass is 10.0. The number of amides is 2. The Morgan fingerprint density at radius 1 is 0.974 bits per heavy atom. The molecule has 0 aliphatic heterocycles. The molecule has 0 aliphatic rings. The van der Waals surface area contributed by atoms with E-state index in [-0.39, 0.29) is 36.2 Å². The van der Waals surface area contributed by atoms with Gasteiger partial charge in [0, 0.05) is 42.0 Å². The summed E-state index contributed by atoms with van der Waals surface area (Å²) < 4.78 is 14.6. The Kier molecular flexibility index (Phi) is 10.0. The Hall–Kier alpha value is -3.72. The molecule has 3 aromatic rings. The standard InChI is InChI=1S/C29H32FN3O4S/c1-29(2,3)31-28(35)26(17-21-9-5-4-6-10-21)32(18-23-11-7-8-12-25(23)30)27(34)20-38-19-22-13-15-24(16-14-22)33(36)37/h4-16,26H,17-20H2,1-3H3,(H,31,35)/t26-/m0/s1. The molecule has 0 heterocycles. The number of nitro groups is 1. The van der Waals surface area contributed by atoms with Crippen LogP contribution in [-0.4, -0.2) is 39.0 Å². The van der Waals surface area contributed by atoms with Crippen LogP contribution >= 0.6 is 11.8 Å². The SMILES string of the molecule is CC(C)(C)NC(=O)[C@H](Cc1ccccc1)N(Cc1ccccc1F)C(=O)CSCc1ccc([N+](=O)[O-])cc1. The number of thioether (sulfide) groups is 1. The second-order valence-electron chi connectivity index (χ2n) is 9.97. The number of nitrogens with zero attached hydrogens (tertiary/aromatic N) is 2. The number of carbonyl (C=O) groups excluding carboxylic acids is 2. The Morgan fingerprint density at radius 3 is 2.21 bits per heavy atom. The molecule has 1 atom stereocenters. The fraction of sp³-hybridized carbons (Fsp3) is 0.310. The number of nitrogens with one attached hydrogen (secondary N) is 1. The van der Waals surface area contributed by atoms with Crippen LogP contribution in [-0.2, 0) is 28.3 Å². The molecule has 0 aromatic heterocycles. The van der Waals surface area contributed by atoms with Crippen LogP contribution < -0.4 is 5.32 Å². The van der Waals surface area contributed by atoms with Crippen molar-refractivity contribution in [2.75, 3.05) is 5.75 Å². The lowest BCUT2D eigenvalue weighted by Crippen LogP contribution is -2.54. The third-order valence-electron chi connectivity index (χ3n) is 5.71. The summed E-state index contributed by atoms with van der Waals surface area (Å²) in [5, 5.41) is 13.9. The van der Waals surface area contributed by atoms with E-state index in [1.165, 1.54) is 34.9 Å². The molecule has 0 spiro atoms. The fourth-order valence-corrected chi connectivity index (χ4v) is 4.74. The minimum Gasteiger partial charge on any atom is -0.350 e. The summed E-state index contributed by atoms with van der Waals surface area (Å²) in [6.45, 7) is 5.55. The largest absolute Gasteiger partial charge is 0.350 e. The molecule has 3 aromatic carbocycles. The van der Waals surface area contributed by atoms with Gasteiger partial charge in [-0.25, -0.2) is 4.39 Å². The number of hydrogen-bond donors (Lipinski definition) is 1. The first-order valence-corrected chi connectivity index (χ1v) is 13.4. The summed E-state index contributed by atoms with van der Waals surface area (Å²) in [5.41, 5.74) is 1.51. The van der Waals surface area contributed by atoms with E-state index in [4.69, 9.17) is 0 Å². The van der Waals surface area contributed by atoms with Crippen LogP contribution in [0.4, 0.5) is 10.1 Å². The van der Waals surface area contributed by atoms with Gasteiger partial charge in [-0.05, 0) is 38.0 Å². The zero-order chi connectivity index (χ0) is 27.7. The van der Waals surface area contributed by atoms with Gasteiger partial charge in [-0.3, -0.25) is 19.7 Å². The van der Waals surface area contributed by atoms with Gasteiger partial charge in [0.25, 0.3) is 5.69 Å². The van der Waals surface area contributed by atoms with Crippen molar-refractivity contribution in [3.63, 3.8) is 0 Å². The Labute approximate surface area is 226 Å². The molecule has 0 unspecified atom stereocenters. The van der Waals surface area contributed by atoms with Crippen molar-refractivity contribution in [2.45, 2.75) is 51.1 Å². The average molecular weight is 538 g/mol. The molecule has 7 nitrogen and oxygen atoms in total. The van der Waals surface area contributed by atoms with Crippen molar-refractivity contribution >= 4 is 29.3 Å². The van der Waals surface area contributed by atoms with E-state index >= 15 is 0 Å². The molecule has 0 saturated heterocycles. The van der Waals surface area contributed by atoms with E-state index in [1.54, 1.807) is 30.3 Å². The quantitative estimate of drug-likeness (QED) is 0.257. The molecular formula is C29H32FN3O4S. The summed E-state index contributed by atoms with van der Waals surface area (Å²) in [5.74, 6) is -0.552. The highest BCUT2D eigenvalue weighted by molar-refractivity contribution is 7.99. The Balaban J connectivity index is 1.85. The molecule has 200 valence electrons. The molecule has 0 aliphatic carbocycles. The fourth-order valence-electron chi connectivity index (χ4n) is 3.87. The van der Waals surface area contributed by atoms with Gasteiger partial charge in [-0.15, -0.1) is 11.8 Å². The van der Waals surface area contributed by atoms with Crippen LogP contribution in [0.5, 0.6) is 0 Å². The van der Waals surface area contributed by atoms with Crippen molar-refractivity contribution in [3.8, 4) is 0 Å². The minimum absolute atomic E-state index is 0.000459. The second kappa shape index (κ2) is 13.2. The van der Waals surface area contributed by atoms with Crippen LogP contribution in [0.2, 0.25) is 0 Å². The summed E-state index contributed by atoms with van der Waals surface area (Å²) >= 11 is 1.33. The summed E-state index contributed by atoms with van der Waals surface area (Å²) in [4.78, 5) is 39.0. The van der Waals surface area contributed by atoms with Gasteiger partial charge in [0.2, 0.25) is 11.8 Å². The van der Waals surface area contributed by atoms with Gasteiger partial charge >= 0.3 is 0 Å². The van der Waals surface area contributed by atoms with Crippen LogP contribution in [0.15, 0.2) is 78.9 Å². The monoisotopic (exact) mass is 537 g/mol. The van der Waals surface area contributed by atoms with Gasteiger partial charge in [0.1, 0.15) is 11.9 Å². The van der Waals surface area contributed by atoms with E-state index in [2.05, 4.69) is 5.32 Å². The molecular weight excluding hydrogens is 505 g/mol. The maximum Gasteiger partial charge on any atom is 0.269 e. The lowest BCUT2D eigenvalue weighted by molar-refractivity contribution is -0.384. The Bertz CT molecular complexity index is 1250. The first kappa shape index (κ1) is 28.8. The highest BCUT2D eigenvalue weighted by Crippen LogP contribution is 2.21. The van der Waals surface area contributed by atoms with Crippen molar-refractivity contribution in [3.05, 3.63) is 111 Å². The van der Waals surface area contributed by atoms with E-state index in [0.29, 0.717) is 11.3 Å². The first-order chi connectivity index (χ1) is 18.0. The average Bonchev–Trinajstić information content (AvgIpc) is 2.87. The van der Waals surface area contributed by atoms with Crippen LogP contribution in [0.25, 0.3) is 0 Å². The topological polar surface area (TPSA) is 92.6 Å². The molecule has 38 heavy (non-hydrogen) atoms. The van der Waals surface area contributed by atoms with Gasteiger partial charge in [-0.2, -0.15) is 0 Å². The van der Waals surface area contributed by atoms with E-state index in [1.807, 2.05) is 51.1 Å². The van der Waals surface area contributed by atoms with Gasteiger partial charge in [0.15, 0.2) is 0 Å². The van der Waals surface area contributed by atoms with E-state index in [0.717, 1.165) is 11.1 Å². The summed E-state index contributed by atoms with van der Waals surface area (Å²) in [7, 11) is 0. The maximum atomic E-state index is 14.6. The van der Waals surface area contributed by atoms with Crippen LogP contribution in [0.1, 0.15) is 37.5 Å². The highest BCUT2D eigenvalue weighted by atomic mass is 32.2. The summed E-state index contributed by atoms with van der Waals surface area (Å²) in [6, 6.07) is 20.9. The zero-order valence-corrected chi connectivity index (χ0v) is 22.5. The molecule has 0 fully saturated rings. The maximum absolute atomic E-state index is 14.6. The van der Waals surface area contributed by atoms with E-state index in [9.17, 15) is 24.1 Å². The zero-order valence-electron chi connectivity index (χ0n) is 21.7. The van der Waals surface area contributed by atoms with Crippen molar-refractivity contribution in [2.24, 2.45) is 0 Å². The Morgan fingerprint density at radius 2 is 1.61 bits per heavy atom.